The van der Waals surface area contributed by atoms with E-state index >= 15 is 0 Å². The van der Waals surface area contributed by atoms with Gasteiger partial charge in [-0.1, -0.05) is 13.8 Å². The molecule has 0 amide bonds. The van der Waals surface area contributed by atoms with Gasteiger partial charge in [-0.3, -0.25) is 0 Å². The summed E-state index contributed by atoms with van der Waals surface area (Å²) in [5.41, 5.74) is 6.15. The molecule has 2 N–H and O–H groups in total. The van der Waals surface area contributed by atoms with Crippen molar-refractivity contribution in [3.05, 3.63) is 23.7 Å². The molecule has 0 aromatic carbocycles. The minimum absolute atomic E-state index is 0.0859. The van der Waals surface area contributed by atoms with E-state index in [0.717, 1.165) is 23.9 Å². The van der Waals surface area contributed by atoms with E-state index in [1.807, 2.05) is 12.1 Å². The fourth-order valence-corrected chi connectivity index (χ4v) is 1.94. The van der Waals surface area contributed by atoms with Crippen LogP contribution in [0.2, 0.25) is 0 Å². The molecule has 2 nitrogen and oxygen atoms in total. The third-order valence-corrected chi connectivity index (χ3v) is 3.29. The first-order chi connectivity index (χ1) is 6.72. The van der Waals surface area contributed by atoms with E-state index < -0.39 is 0 Å². The Hall–Kier alpha value is -0.760. The lowest BCUT2D eigenvalue weighted by atomic mass is 9.96. The quantitative estimate of drug-likeness (QED) is 0.798. The fourth-order valence-electron chi connectivity index (χ4n) is 1.94. The molecule has 0 bridgehead atoms. The molecule has 78 valence electrons. The molecule has 0 radical (unpaired) electrons. The third kappa shape index (κ3) is 1.85. The molecule has 0 spiro atoms. The van der Waals surface area contributed by atoms with E-state index in [1.54, 1.807) is 0 Å². The summed E-state index contributed by atoms with van der Waals surface area (Å²) in [5, 5.41) is 0. The van der Waals surface area contributed by atoms with Crippen molar-refractivity contribution in [2.75, 3.05) is 0 Å². The molecule has 14 heavy (non-hydrogen) atoms. The van der Waals surface area contributed by atoms with Crippen molar-refractivity contribution in [3.63, 3.8) is 0 Å². The molecular formula is C12H19NO. The summed E-state index contributed by atoms with van der Waals surface area (Å²) in [7, 11) is 0. The molecule has 2 heteroatoms. The van der Waals surface area contributed by atoms with E-state index in [9.17, 15) is 0 Å². The lowest BCUT2D eigenvalue weighted by Gasteiger charge is -2.16. The van der Waals surface area contributed by atoms with E-state index in [2.05, 4.69) is 13.8 Å². The molecule has 1 saturated carbocycles. The van der Waals surface area contributed by atoms with Crippen LogP contribution in [-0.2, 0) is 6.42 Å². The molecule has 1 heterocycles. The maximum Gasteiger partial charge on any atom is 0.121 e. The molecule has 1 aliphatic rings. The Balaban J connectivity index is 2.05. The van der Waals surface area contributed by atoms with E-state index in [0.29, 0.717) is 5.92 Å². The first-order valence-electron chi connectivity index (χ1n) is 5.56. The van der Waals surface area contributed by atoms with Crippen molar-refractivity contribution in [1.82, 2.24) is 0 Å². The first kappa shape index (κ1) is 9.78. The third-order valence-electron chi connectivity index (χ3n) is 3.29. The maximum absolute atomic E-state index is 6.15. The lowest BCUT2D eigenvalue weighted by Crippen LogP contribution is -2.19. The molecule has 1 aromatic heterocycles. The largest absolute Gasteiger partial charge is 0.464 e. The standard InChI is InChI=1S/C12H19NO/c1-3-10-6-7-11(14-10)12(13)8(2)9-4-5-9/h6-9,12H,3-5,13H2,1-2H3. The Labute approximate surface area is 85.5 Å². The molecule has 1 aliphatic carbocycles. The second-order valence-electron chi connectivity index (χ2n) is 4.38. The highest BCUT2D eigenvalue weighted by molar-refractivity contribution is 5.11. The number of rotatable bonds is 4. The highest BCUT2D eigenvalue weighted by atomic mass is 16.3. The summed E-state index contributed by atoms with van der Waals surface area (Å²) < 4.78 is 5.67. The smallest absolute Gasteiger partial charge is 0.121 e. The Kier molecular flexibility index (Phi) is 2.64. The van der Waals surface area contributed by atoms with Crippen LogP contribution in [0.3, 0.4) is 0 Å². The van der Waals surface area contributed by atoms with E-state index in [1.165, 1.54) is 12.8 Å². The van der Waals surface area contributed by atoms with Gasteiger partial charge >= 0.3 is 0 Å². The molecular weight excluding hydrogens is 174 g/mol. The van der Waals surface area contributed by atoms with Crippen molar-refractivity contribution in [2.24, 2.45) is 17.6 Å². The molecule has 1 aromatic rings. The van der Waals surface area contributed by atoms with Crippen molar-refractivity contribution in [3.8, 4) is 0 Å². The van der Waals surface area contributed by atoms with Crippen LogP contribution in [0.25, 0.3) is 0 Å². The van der Waals surface area contributed by atoms with Gasteiger partial charge in [-0.05, 0) is 36.8 Å². The highest BCUT2D eigenvalue weighted by Gasteiger charge is 2.33. The van der Waals surface area contributed by atoms with Crippen LogP contribution in [0, 0.1) is 11.8 Å². The SMILES string of the molecule is CCc1ccc(C(N)C(C)C2CC2)o1. The zero-order chi connectivity index (χ0) is 10.1. The van der Waals surface area contributed by atoms with Gasteiger partial charge in [0.05, 0.1) is 6.04 Å². The second kappa shape index (κ2) is 3.77. The van der Waals surface area contributed by atoms with Gasteiger partial charge in [0.2, 0.25) is 0 Å². The topological polar surface area (TPSA) is 39.2 Å². The van der Waals surface area contributed by atoms with Crippen LogP contribution in [0.4, 0.5) is 0 Å². The monoisotopic (exact) mass is 193 g/mol. The summed E-state index contributed by atoms with van der Waals surface area (Å²) in [6.45, 7) is 4.33. The van der Waals surface area contributed by atoms with Crippen LogP contribution in [0.1, 0.15) is 44.3 Å². The van der Waals surface area contributed by atoms with Gasteiger partial charge in [0.1, 0.15) is 11.5 Å². The molecule has 2 rings (SSSR count). The van der Waals surface area contributed by atoms with E-state index in [4.69, 9.17) is 10.2 Å². The van der Waals surface area contributed by atoms with Gasteiger partial charge in [0.25, 0.3) is 0 Å². The minimum atomic E-state index is 0.0859. The van der Waals surface area contributed by atoms with Crippen molar-refractivity contribution in [2.45, 2.75) is 39.2 Å². The number of hydrogen-bond donors (Lipinski definition) is 1. The Morgan fingerprint density at radius 1 is 1.50 bits per heavy atom. The van der Waals surface area contributed by atoms with Crippen LogP contribution in [0.15, 0.2) is 16.5 Å². The van der Waals surface area contributed by atoms with Crippen LogP contribution >= 0.6 is 0 Å². The summed E-state index contributed by atoms with van der Waals surface area (Å²) >= 11 is 0. The predicted octanol–water partition coefficient (Wildman–Crippen LogP) is 2.89. The minimum Gasteiger partial charge on any atom is -0.464 e. The highest BCUT2D eigenvalue weighted by Crippen LogP contribution is 2.41. The maximum atomic E-state index is 6.15. The number of hydrogen-bond acceptors (Lipinski definition) is 2. The van der Waals surface area contributed by atoms with Crippen LogP contribution < -0.4 is 5.73 Å². The number of furan rings is 1. The van der Waals surface area contributed by atoms with Crippen molar-refractivity contribution < 1.29 is 4.42 Å². The predicted molar refractivity (Wildman–Crippen MR) is 56.9 cm³/mol. The van der Waals surface area contributed by atoms with Gasteiger partial charge in [-0.25, -0.2) is 0 Å². The Morgan fingerprint density at radius 2 is 2.21 bits per heavy atom. The molecule has 2 atom stereocenters. The van der Waals surface area contributed by atoms with Gasteiger partial charge < -0.3 is 10.2 Å². The lowest BCUT2D eigenvalue weighted by molar-refractivity contribution is 0.344. The molecule has 0 saturated heterocycles. The number of aryl methyl sites for hydroxylation is 1. The zero-order valence-corrected chi connectivity index (χ0v) is 8.99. The molecule has 2 unspecified atom stereocenters. The summed E-state index contributed by atoms with van der Waals surface area (Å²) in [4.78, 5) is 0. The average Bonchev–Trinajstić information content (AvgIpc) is 2.94. The summed E-state index contributed by atoms with van der Waals surface area (Å²) in [5.74, 6) is 3.39. The van der Waals surface area contributed by atoms with Crippen LogP contribution in [-0.4, -0.2) is 0 Å². The normalized spacial score (nSPS) is 20.8. The van der Waals surface area contributed by atoms with Gasteiger partial charge in [-0.2, -0.15) is 0 Å². The Bertz CT molecular complexity index is 301. The summed E-state index contributed by atoms with van der Waals surface area (Å²) in [6.07, 6.45) is 3.64. The zero-order valence-electron chi connectivity index (χ0n) is 8.99. The van der Waals surface area contributed by atoms with E-state index in [-0.39, 0.29) is 6.04 Å². The summed E-state index contributed by atoms with van der Waals surface area (Å²) in [6, 6.07) is 4.15. The fraction of sp³-hybridized carbons (Fsp3) is 0.667. The first-order valence-corrected chi connectivity index (χ1v) is 5.56. The molecule has 0 aliphatic heterocycles. The average molecular weight is 193 g/mol. The van der Waals surface area contributed by atoms with Crippen molar-refractivity contribution >= 4 is 0 Å². The van der Waals surface area contributed by atoms with Gasteiger partial charge in [-0.15, -0.1) is 0 Å². The van der Waals surface area contributed by atoms with Crippen LogP contribution in [0.5, 0.6) is 0 Å². The second-order valence-corrected chi connectivity index (χ2v) is 4.38. The van der Waals surface area contributed by atoms with Gasteiger partial charge in [0.15, 0.2) is 0 Å². The number of nitrogens with two attached hydrogens (primary N) is 1. The molecule has 1 fully saturated rings. The van der Waals surface area contributed by atoms with Gasteiger partial charge in [0, 0.05) is 6.42 Å². The Morgan fingerprint density at radius 3 is 2.71 bits per heavy atom. The van der Waals surface area contributed by atoms with Crippen molar-refractivity contribution in [1.29, 1.82) is 0 Å².